The van der Waals surface area contributed by atoms with Crippen molar-refractivity contribution >= 4 is 21.9 Å². The summed E-state index contributed by atoms with van der Waals surface area (Å²) in [6.45, 7) is 0.703. The van der Waals surface area contributed by atoms with Crippen LogP contribution < -0.4 is 0 Å². The summed E-state index contributed by atoms with van der Waals surface area (Å²) in [6.07, 6.45) is 1.94. The minimum Gasteiger partial charge on any atom is -0.507 e. The van der Waals surface area contributed by atoms with Gasteiger partial charge in [-0.25, -0.2) is 4.79 Å². The van der Waals surface area contributed by atoms with Crippen LogP contribution in [0.5, 0.6) is 5.75 Å². The van der Waals surface area contributed by atoms with E-state index in [-0.39, 0.29) is 23.5 Å². The fourth-order valence-electron chi connectivity index (χ4n) is 2.23. The quantitative estimate of drug-likeness (QED) is 0.799. The zero-order valence-corrected chi connectivity index (χ0v) is 13.1. The third-order valence-corrected chi connectivity index (χ3v) is 4.65. The number of ether oxygens (including phenoxy) is 1. The van der Waals surface area contributed by atoms with Crippen LogP contribution in [0.3, 0.4) is 0 Å². The highest BCUT2D eigenvalue weighted by molar-refractivity contribution is 9.10. The van der Waals surface area contributed by atoms with Crippen molar-refractivity contribution < 1.29 is 19.7 Å². The van der Waals surface area contributed by atoms with Crippen LogP contribution in [0.2, 0.25) is 0 Å². The lowest BCUT2D eigenvalue weighted by atomic mass is 10.1. The molecule has 0 amide bonds. The zero-order chi connectivity index (χ0) is 14.9. The molecule has 0 atom stereocenters. The maximum absolute atomic E-state index is 11.6. The molecule has 1 aliphatic rings. The van der Waals surface area contributed by atoms with Gasteiger partial charge >= 0.3 is 5.97 Å². The Kier molecular flexibility index (Phi) is 4.36. The maximum atomic E-state index is 11.6. The molecule has 0 aromatic heterocycles. The van der Waals surface area contributed by atoms with Crippen molar-refractivity contribution in [2.45, 2.75) is 24.9 Å². The van der Waals surface area contributed by atoms with Gasteiger partial charge in [0.2, 0.25) is 0 Å². The molecule has 1 aromatic rings. The first-order chi connectivity index (χ1) is 9.43. The number of nitrogens with zero attached hydrogens (tertiary/aromatic N) is 1. The summed E-state index contributed by atoms with van der Waals surface area (Å²) in [7, 11) is 3.22. The Labute approximate surface area is 126 Å². The molecule has 1 aliphatic carbocycles. The van der Waals surface area contributed by atoms with Crippen LogP contribution in [0.4, 0.5) is 0 Å². The van der Waals surface area contributed by atoms with Gasteiger partial charge in [-0.3, -0.25) is 4.90 Å². The number of halogens is 1. The van der Waals surface area contributed by atoms with Gasteiger partial charge in [0, 0.05) is 16.6 Å². The summed E-state index contributed by atoms with van der Waals surface area (Å²) >= 11 is 3.39. The Balaban J connectivity index is 2.25. The van der Waals surface area contributed by atoms with Crippen molar-refractivity contribution in [1.82, 2.24) is 4.90 Å². The number of carbonyl (C=O) groups is 1. The number of aliphatic hydroxyl groups excluding tert-OH is 1. The fraction of sp³-hybridized carbons (Fsp3) is 0.500. The molecule has 2 rings (SSSR count). The number of methoxy groups -OCH3 is 1. The van der Waals surface area contributed by atoms with E-state index in [1.54, 1.807) is 6.07 Å². The predicted octanol–water partition coefficient (Wildman–Crippen LogP) is 1.90. The maximum Gasteiger partial charge on any atom is 0.341 e. The van der Waals surface area contributed by atoms with Crippen LogP contribution in [0.25, 0.3) is 0 Å². The first-order valence-electron chi connectivity index (χ1n) is 6.35. The first kappa shape index (κ1) is 15.3. The Morgan fingerprint density at radius 3 is 2.65 bits per heavy atom. The van der Waals surface area contributed by atoms with Crippen molar-refractivity contribution in [2.24, 2.45) is 0 Å². The molecule has 0 unspecified atom stereocenters. The number of aliphatic hydroxyl groups is 1. The molecule has 0 bridgehead atoms. The lowest BCUT2D eigenvalue weighted by molar-refractivity contribution is 0.0597. The minimum atomic E-state index is -0.567. The van der Waals surface area contributed by atoms with E-state index >= 15 is 0 Å². The third-order valence-electron chi connectivity index (χ3n) is 3.91. The number of likely N-dealkylation sites (N-methyl/N-ethyl adjacent to an activating group) is 1. The number of phenols is 1. The van der Waals surface area contributed by atoms with E-state index in [9.17, 15) is 15.0 Å². The molecule has 1 fully saturated rings. The monoisotopic (exact) mass is 343 g/mol. The summed E-state index contributed by atoms with van der Waals surface area (Å²) < 4.78 is 5.38. The summed E-state index contributed by atoms with van der Waals surface area (Å²) in [5.41, 5.74) is 0.876. The number of hydrogen-bond donors (Lipinski definition) is 2. The average molecular weight is 344 g/mol. The molecule has 1 aromatic carbocycles. The third kappa shape index (κ3) is 2.82. The largest absolute Gasteiger partial charge is 0.507 e. The van der Waals surface area contributed by atoms with Crippen LogP contribution in [0, 0.1) is 0 Å². The molecular weight excluding hydrogens is 326 g/mol. The van der Waals surface area contributed by atoms with Crippen molar-refractivity contribution in [3.63, 3.8) is 0 Å². The molecule has 0 saturated heterocycles. The highest BCUT2D eigenvalue weighted by Gasteiger charge is 2.45. The Bertz CT molecular complexity index is 528. The Morgan fingerprint density at radius 2 is 2.15 bits per heavy atom. The molecule has 0 heterocycles. The van der Waals surface area contributed by atoms with Crippen LogP contribution in [0.1, 0.15) is 28.8 Å². The average Bonchev–Trinajstić information content (AvgIpc) is 3.22. The second kappa shape index (κ2) is 5.71. The first-order valence-corrected chi connectivity index (χ1v) is 7.14. The SMILES string of the molecule is COC(=O)c1cc(CN(C)C2(CO)CC2)c(Br)cc1O. The molecule has 0 radical (unpaired) electrons. The predicted molar refractivity (Wildman–Crippen MR) is 77.7 cm³/mol. The minimum absolute atomic E-state index is 0.113. The smallest absolute Gasteiger partial charge is 0.341 e. The van der Waals surface area contributed by atoms with Gasteiger partial charge in [-0.05, 0) is 37.6 Å². The van der Waals surface area contributed by atoms with E-state index in [1.807, 2.05) is 7.05 Å². The standard InChI is InChI=1S/C14H18BrNO4/c1-16(14(8-17)3-4-14)7-9-5-10(13(19)20-2)12(18)6-11(9)15/h5-6,17-18H,3-4,7-8H2,1-2H3. The van der Waals surface area contributed by atoms with Crippen LogP contribution in [0.15, 0.2) is 16.6 Å². The number of rotatable bonds is 5. The topological polar surface area (TPSA) is 70.0 Å². The van der Waals surface area contributed by atoms with Gasteiger partial charge in [0.15, 0.2) is 0 Å². The van der Waals surface area contributed by atoms with E-state index in [1.165, 1.54) is 13.2 Å². The van der Waals surface area contributed by atoms with E-state index in [0.29, 0.717) is 6.54 Å². The van der Waals surface area contributed by atoms with E-state index in [4.69, 9.17) is 0 Å². The van der Waals surface area contributed by atoms with E-state index < -0.39 is 5.97 Å². The number of aromatic hydroxyl groups is 1. The summed E-state index contributed by atoms with van der Waals surface area (Å²) in [4.78, 5) is 13.7. The molecule has 1 saturated carbocycles. The van der Waals surface area contributed by atoms with Gasteiger partial charge in [0.05, 0.1) is 13.7 Å². The zero-order valence-electron chi connectivity index (χ0n) is 11.5. The summed E-state index contributed by atoms with van der Waals surface area (Å²) in [6, 6.07) is 3.11. The highest BCUT2D eigenvalue weighted by atomic mass is 79.9. The van der Waals surface area contributed by atoms with Crippen molar-refractivity contribution in [3.05, 3.63) is 27.7 Å². The van der Waals surface area contributed by atoms with Gasteiger partial charge in [-0.15, -0.1) is 0 Å². The lowest BCUT2D eigenvalue weighted by Crippen LogP contribution is -2.36. The molecule has 0 spiro atoms. The highest BCUT2D eigenvalue weighted by Crippen LogP contribution is 2.41. The molecule has 6 heteroatoms. The number of carbonyl (C=O) groups excluding carboxylic acids is 1. The van der Waals surface area contributed by atoms with Crippen LogP contribution >= 0.6 is 15.9 Å². The molecule has 5 nitrogen and oxygen atoms in total. The van der Waals surface area contributed by atoms with E-state index in [2.05, 4.69) is 25.6 Å². The fourth-order valence-corrected chi connectivity index (χ4v) is 2.69. The van der Waals surface area contributed by atoms with Gasteiger partial charge in [-0.2, -0.15) is 0 Å². The number of benzene rings is 1. The number of hydrogen-bond acceptors (Lipinski definition) is 5. The molecule has 110 valence electrons. The number of phenolic OH excluding ortho intramolecular Hbond substituents is 1. The Morgan fingerprint density at radius 1 is 1.50 bits per heavy atom. The summed E-state index contributed by atoms with van der Waals surface area (Å²) in [5, 5.41) is 19.2. The van der Waals surface area contributed by atoms with Crippen molar-refractivity contribution in [2.75, 3.05) is 20.8 Å². The molecule has 2 N–H and O–H groups in total. The van der Waals surface area contributed by atoms with E-state index in [0.717, 1.165) is 22.9 Å². The van der Waals surface area contributed by atoms with Gasteiger partial charge < -0.3 is 14.9 Å². The lowest BCUT2D eigenvalue weighted by Gasteiger charge is -2.26. The van der Waals surface area contributed by atoms with Crippen molar-refractivity contribution in [1.29, 1.82) is 0 Å². The van der Waals surface area contributed by atoms with Crippen molar-refractivity contribution in [3.8, 4) is 5.75 Å². The normalized spacial score (nSPS) is 16.2. The molecule has 0 aliphatic heterocycles. The van der Waals surface area contributed by atoms with Gasteiger partial charge in [0.25, 0.3) is 0 Å². The second-order valence-corrected chi connectivity index (χ2v) is 6.05. The van der Waals surface area contributed by atoms with Gasteiger partial charge in [-0.1, -0.05) is 15.9 Å². The molecule has 20 heavy (non-hydrogen) atoms. The van der Waals surface area contributed by atoms with Gasteiger partial charge in [0.1, 0.15) is 11.3 Å². The molecular formula is C14H18BrNO4. The number of esters is 1. The van der Waals surface area contributed by atoms with Crippen LogP contribution in [-0.4, -0.2) is 47.4 Å². The summed E-state index contributed by atoms with van der Waals surface area (Å²) in [5.74, 6) is -0.680. The van der Waals surface area contributed by atoms with Crippen LogP contribution in [-0.2, 0) is 11.3 Å². The Hall–Kier alpha value is -1.11. The second-order valence-electron chi connectivity index (χ2n) is 5.19.